The van der Waals surface area contributed by atoms with Crippen LogP contribution < -0.4 is 5.32 Å². The number of benzene rings is 1. The number of hydrogen-bond acceptors (Lipinski definition) is 1. The average Bonchev–Trinajstić information content (AvgIpc) is 2.76. The zero-order valence-corrected chi connectivity index (χ0v) is 10.8. The third kappa shape index (κ3) is 2.86. The second-order valence-corrected chi connectivity index (χ2v) is 5.53. The van der Waals surface area contributed by atoms with Crippen LogP contribution in [0.1, 0.15) is 45.1 Å². The fourth-order valence-corrected chi connectivity index (χ4v) is 2.84. The Kier molecular flexibility index (Phi) is 3.82. The SMILES string of the molecule is CC(C)NCC1(c2cccc(F)c2)CCCC1. The molecule has 17 heavy (non-hydrogen) atoms. The van der Waals surface area contributed by atoms with Crippen LogP contribution in [-0.2, 0) is 5.41 Å². The van der Waals surface area contributed by atoms with E-state index in [4.69, 9.17) is 0 Å². The molecule has 94 valence electrons. The van der Waals surface area contributed by atoms with E-state index in [0.717, 1.165) is 6.54 Å². The molecular formula is C15H22FN. The van der Waals surface area contributed by atoms with Crippen LogP contribution in [0.2, 0.25) is 0 Å². The van der Waals surface area contributed by atoms with Crippen LogP contribution in [0.3, 0.4) is 0 Å². The van der Waals surface area contributed by atoms with Gasteiger partial charge in [-0.05, 0) is 30.5 Å². The van der Waals surface area contributed by atoms with Crippen molar-refractivity contribution in [3.05, 3.63) is 35.6 Å². The molecule has 1 aromatic carbocycles. The molecule has 0 amide bonds. The minimum atomic E-state index is -0.113. The van der Waals surface area contributed by atoms with E-state index >= 15 is 0 Å². The van der Waals surface area contributed by atoms with Crippen molar-refractivity contribution < 1.29 is 4.39 Å². The van der Waals surface area contributed by atoms with Gasteiger partial charge in [0, 0.05) is 18.0 Å². The van der Waals surface area contributed by atoms with Crippen LogP contribution in [-0.4, -0.2) is 12.6 Å². The number of halogens is 1. The lowest BCUT2D eigenvalue weighted by atomic mass is 9.78. The molecule has 1 nitrogen and oxygen atoms in total. The maximum Gasteiger partial charge on any atom is 0.123 e. The van der Waals surface area contributed by atoms with E-state index in [2.05, 4.69) is 25.2 Å². The van der Waals surface area contributed by atoms with Crippen LogP contribution in [0.4, 0.5) is 4.39 Å². The van der Waals surface area contributed by atoms with E-state index < -0.39 is 0 Å². The molecule has 0 aromatic heterocycles. The number of rotatable bonds is 4. The van der Waals surface area contributed by atoms with Gasteiger partial charge in [0.25, 0.3) is 0 Å². The smallest absolute Gasteiger partial charge is 0.123 e. The highest BCUT2D eigenvalue weighted by atomic mass is 19.1. The van der Waals surface area contributed by atoms with Gasteiger partial charge in [0.15, 0.2) is 0 Å². The third-order valence-corrected chi connectivity index (χ3v) is 3.85. The van der Waals surface area contributed by atoms with Crippen LogP contribution in [0.5, 0.6) is 0 Å². The second-order valence-electron chi connectivity index (χ2n) is 5.53. The lowest BCUT2D eigenvalue weighted by molar-refractivity contribution is 0.385. The van der Waals surface area contributed by atoms with Gasteiger partial charge in [-0.15, -0.1) is 0 Å². The Bertz CT molecular complexity index is 367. The monoisotopic (exact) mass is 235 g/mol. The quantitative estimate of drug-likeness (QED) is 0.840. The Labute approximate surface area is 103 Å². The van der Waals surface area contributed by atoms with Gasteiger partial charge in [0.1, 0.15) is 5.82 Å². The van der Waals surface area contributed by atoms with E-state index in [0.29, 0.717) is 6.04 Å². The van der Waals surface area contributed by atoms with E-state index in [1.54, 1.807) is 6.07 Å². The van der Waals surface area contributed by atoms with E-state index in [1.165, 1.54) is 37.3 Å². The molecule has 0 atom stereocenters. The molecule has 0 aliphatic heterocycles. The maximum atomic E-state index is 13.4. The molecule has 1 N–H and O–H groups in total. The van der Waals surface area contributed by atoms with Gasteiger partial charge in [-0.2, -0.15) is 0 Å². The molecular weight excluding hydrogens is 213 g/mol. The molecule has 0 heterocycles. The molecule has 1 fully saturated rings. The number of hydrogen-bond donors (Lipinski definition) is 1. The van der Waals surface area contributed by atoms with Crippen molar-refractivity contribution in [2.24, 2.45) is 0 Å². The average molecular weight is 235 g/mol. The van der Waals surface area contributed by atoms with E-state index in [9.17, 15) is 4.39 Å². The summed E-state index contributed by atoms with van der Waals surface area (Å²) in [6.45, 7) is 5.29. The molecule has 0 bridgehead atoms. The summed E-state index contributed by atoms with van der Waals surface area (Å²) in [5.41, 5.74) is 1.33. The van der Waals surface area contributed by atoms with Gasteiger partial charge in [-0.3, -0.25) is 0 Å². The summed E-state index contributed by atoms with van der Waals surface area (Å²) < 4.78 is 13.4. The normalized spacial score (nSPS) is 18.8. The lowest BCUT2D eigenvalue weighted by Crippen LogP contribution is -2.39. The van der Waals surface area contributed by atoms with Gasteiger partial charge in [0.05, 0.1) is 0 Å². The predicted octanol–water partition coefficient (Wildman–Crippen LogP) is 3.64. The van der Waals surface area contributed by atoms with Crippen molar-refractivity contribution in [1.29, 1.82) is 0 Å². The first-order chi connectivity index (χ1) is 8.12. The molecule has 1 saturated carbocycles. The minimum absolute atomic E-state index is 0.113. The first kappa shape index (κ1) is 12.6. The Morgan fingerprint density at radius 1 is 1.29 bits per heavy atom. The Hall–Kier alpha value is -0.890. The highest BCUT2D eigenvalue weighted by Gasteiger charge is 2.35. The Morgan fingerprint density at radius 3 is 2.59 bits per heavy atom. The van der Waals surface area contributed by atoms with Crippen molar-refractivity contribution in [2.75, 3.05) is 6.54 Å². The second kappa shape index (κ2) is 5.18. The lowest BCUT2D eigenvalue weighted by Gasteiger charge is -2.31. The highest BCUT2D eigenvalue weighted by molar-refractivity contribution is 5.28. The highest BCUT2D eigenvalue weighted by Crippen LogP contribution is 2.40. The first-order valence-electron chi connectivity index (χ1n) is 6.62. The van der Waals surface area contributed by atoms with Gasteiger partial charge in [-0.25, -0.2) is 4.39 Å². The molecule has 0 radical (unpaired) electrons. The summed E-state index contributed by atoms with van der Waals surface area (Å²) in [5, 5.41) is 3.52. The maximum absolute atomic E-state index is 13.4. The summed E-state index contributed by atoms with van der Waals surface area (Å²) in [5.74, 6) is -0.113. The van der Waals surface area contributed by atoms with E-state index in [-0.39, 0.29) is 11.2 Å². The summed E-state index contributed by atoms with van der Waals surface area (Å²) in [6.07, 6.45) is 4.87. The molecule has 1 aliphatic rings. The predicted molar refractivity (Wildman–Crippen MR) is 69.7 cm³/mol. The molecule has 0 spiro atoms. The van der Waals surface area contributed by atoms with Crippen LogP contribution in [0, 0.1) is 5.82 Å². The van der Waals surface area contributed by atoms with Crippen LogP contribution >= 0.6 is 0 Å². The molecule has 1 aliphatic carbocycles. The summed E-state index contributed by atoms with van der Waals surface area (Å²) in [7, 11) is 0. The molecule has 2 rings (SSSR count). The summed E-state index contributed by atoms with van der Waals surface area (Å²) in [4.78, 5) is 0. The van der Waals surface area contributed by atoms with Gasteiger partial charge >= 0.3 is 0 Å². The van der Waals surface area contributed by atoms with E-state index in [1.807, 2.05) is 6.07 Å². The molecule has 1 aromatic rings. The van der Waals surface area contributed by atoms with Crippen molar-refractivity contribution in [3.8, 4) is 0 Å². The molecule has 0 unspecified atom stereocenters. The van der Waals surface area contributed by atoms with Crippen molar-refractivity contribution in [1.82, 2.24) is 5.32 Å². The summed E-state index contributed by atoms with van der Waals surface area (Å²) >= 11 is 0. The van der Waals surface area contributed by atoms with Gasteiger partial charge in [-0.1, -0.05) is 38.8 Å². The Morgan fingerprint density at radius 2 is 2.00 bits per heavy atom. The zero-order valence-electron chi connectivity index (χ0n) is 10.8. The van der Waals surface area contributed by atoms with Gasteiger partial charge < -0.3 is 5.32 Å². The third-order valence-electron chi connectivity index (χ3n) is 3.85. The van der Waals surface area contributed by atoms with Crippen LogP contribution in [0.25, 0.3) is 0 Å². The molecule has 0 saturated heterocycles. The fraction of sp³-hybridized carbons (Fsp3) is 0.600. The molecule has 2 heteroatoms. The van der Waals surface area contributed by atoms with Crippen molar-refractivity contribution >= 4 is 0 Å². The number of nitrogens with one attached hydrogen (secondary N) is 1. The minimum Gasteiger partial charge on any atom is -0.314 e. The Balaban J connectivity index is 2.21. The fourth-order valence-electron chi connectivity index (χ4n) is 2.84. The standard InChI is InChI=1S/C15H22FN/c1-12(2)17-11-15(8-3-4-9-15)13-6-5-7-14(16)10-13/h5-7,10,12,17H,3-4,8-9,11H2,1-2H3. The largest absolute Gasteiger partial charge is 0.314 e. The first-order valence-corrected chi connectivity index (χ1v) is 6.62. The van der Waals surface area contributed by atoms with Crippen molar-refractivity contribution in [2.45, 2.75) is 51.0 Å². The van der Waals surface area contributed by atoms with Gasteiger partial charge in [0.2, 0.25) is 0 Å². The zero-order chi connectivity index (χ0) is 12.3. The van der Waals surface area contributed by atoms with Crippen LogP contribution in [0.15, 0.2) is 24.3 Å². The topological polar surface area (TPSA) is 12.0 Å². The van der Waals surface area contributed by atoms with Crippen molar-refractivity contribution in [3.63, 3.8) is 0 Å². The summed E-state index contributed by atoms with van der Waals surface area (Å²) in [6, 6.07) is 7.65.